The van der Waals surface area contributed by atoms with E-state index in [-0.39, 0.29) is 11.3 Å². The molecule has 0 bridgehead atoms. The van der Waals surface area contributed by atoms with E-state index < -0.39 is 34.8 Å². The van der Waals surface area contributed by atoms with Gasteiger partial charge >= 0.3 is 6.18 Å². The summed E-state index contributed by atoms with van der Waals surface area (Å²) in [6, 6.07) is 9.17. The van der Waals surface area contributed by atoms with Gasteiger partial charge in [0.25, 0.3) is 0 Å². The van der Waals surface area contributed by atoms with Gasteiger partial charge in [0.2, 0.25) is 5.72 Å². The van der Waals surface area contributed by atoms with Crippen LogP contribution in [-0.2, 0) is 0 Å². The number of carbonyl (C=O) groups is 1. The van der Waals surface area contributed by atoms with Crippen LogP contribution in [0.5, 0.6) is 0 Å². The third-order valence-electron chi connectivity index (χ3n) is 4.21. The summed E-state index contributed by atoms with van der Waals surface area (Å²) in [7, 11) is 0. The standard InChI is InChI=1S/C17H15F3N2O3S/c1-9-7-8-11(25-9)13-12(14(23)10-5-3-2-4-6-10)16(24,17(18,19)20)22-15(26)21-13/h2-8,12-13,24H,1H3,(H2,21,22,26)/t12-,13+,16-/m1/s1. The van der Waals surface area contributed by atoms with E-state index in [1.165, 1.54) is 30.3 Å². The molecule has 138 valence electrons. The molecule has 1 fully saturated rings. The van der Waals surface area contributed by atoms with E-state index in [2.05, 4.69) is 5.32 Å². The van der Waals surface area contributed by atoms with Crippen molar-refractivity contribution < 1.29 is 27.5 Å². The number of ketones is 1. The number of hydrogen-bond acceptors (Lipinski definition) is 4. The van der Waals surface area contributed by atoms with Crippen molar-refractivity contribution >= 4 is 23.1 Å². The highest BCUT2D eigenvalue weighted by atomic mass is 32.1. The molecule has 0 unspecified atom stereocenters. The van der Waals surface area contributed by atoms with Crippen molar-refractivity contribution in [2.45, 2.75) is 24.9 Å². The number of hydrogen-bond donors (Lipinski definition) is 3. The summed E-state index contributed by atoms with van der Waals surface area (Å²) in [6.45, 7) is 1.62. The number of furan rings is 1. The van der Waals surface area contributed by atoms with Gasteiger partial charge < -0.3 is 20.2 Å². The summed E-state index contributed by atoms with van der Waals surface area (Å²) in [4.78, 5) is 12.9. The fraction of sp³-hybridized carbons (Fsp3) is 0.294. The lowest BCUT2D eigenvalue weighted by molar-refractivity contribution is -0.286. The second kappa shape index (κ2) is 6.40. The van der Waals surface area contributed by atoms with Gasteiger partial charge in [-0.15, -0.1) is 0 Å². The zero-order chi connectivity index (χ0) is 19.1. The van der Waals surface area contributed by atoms with Crippen molar-refractivity contribution in [3.8, 4) is 0 Å². The van der Waals surface area contributed by atoms with Gasteiger partial charge in [-0.3, -0.25) is 4.79 Å². The number of benzene rings is 1. The van der Waals surface area contributed by atoms with Crippen LogP contribution in [0.4, 0.5) is 13.2 Å². The number of thiocarbonyl (C=S) groups is 1. The molecule has 0 aliphatic carbocycles. The molecule has 3 N–H and O–H groups in total. The van der Waals surface area contributed by atoms with E-state index in [1.54, 1.807) is 19.1 Å². The van der Waals surface area contributed by atoms with Gasteiger partial charge in [0.15, 0.2) is 10.9 Å². The minimum atomic E-state index is -5.16. The molecule has 0 radical (unpaired) electrons. The first-order valence-corrected chi connectivity index (χ1v) is 8.07. The highest BCUT2D eigenvalue weighted by molar-refractivity contribution is 7.80. The van der Waals surface area contributed by atoms with Crippen LogP contribution in [0.2, 0.25) is 0 Å². The van der Waals surface area contributed by atoms with Gasteiger partial charge in [-0.05, 0) is 31.3 Å². The van der Waals surface area contributed by atoms with Crippen LogP contribution >= 0.6 is 12.2 Å². The molecule has 0 saturated carbocycles. The molecule has 1 aromatic heterocycles. The molecule has 3 rings (SSSR count). The van der Waals surface area contributed by atoms with Gasteiger partial charge in [-0.1, -0.05) is 30.3 Å². The third kappa shape index (κ3) is 3.08. The summed E-state index contributed by atoms with van der Waals surface area (Å²) < 4.78 is 46.6. The van der Waals surface area contributed by atoms with Crippen LogP contribution in [0.15, 0.2) is 46.9 Å². The number of rotatable bonds is 3. The maximum Gasteiger partial charge on any atom is 0.437 e. The Morgan fingerprint density at radius 2 is 1.88 bits per heavy atom. The molecule has 0 amide bonds. The molecule has 1 aromatic carbocycles. The number of halogens is 3. The largest absolute Gasteiger partial charge is 0.464 e. The molecule has 1 aliphatic heterocycles. The number of alkyl halides is 3. The minimum Gasteiger partial charge on any atom is -0.464 e. The number of aliphatic hydroxyl groups is 1. The predicted molar refractivity (Wildman–Crippen MR) is 90.3 cm³/mol. The Bertz CT molecular complexity index is 837. The van der Waals surface area contributed by atoms with E-state index in [9.17, 15) is 23.1 Å². The molecular formula is C17H15F3N2O3S. The Labute approximate surface area is 152 Å². The molecule has 1 saturated heterocycles. The first-order valence-electron chi connectivity index (χ1n) is 7.67. The van der Waals surface area contributed by atoms with Crippen molar-refractivity contribution in [2.24, 2.45) is 5.92 Å². The molecule has 5 nitrogen and oxygen atoms in total. The molecule has 2 aromatic rings. The predicted octanol–water partition coefficient (Wildman–Crippen LogP) is 2.86. The van der Waals surface area contributed by atoms with Gasteiger partial charge in [-0.25, -0.2) is 0 Å². The lowest BCUT2D eigenvalue weighted by Crippen LogP contribution is -2.72. The smallest absolute Gasteiger partial charge is 0.437 e. The molecular weight excluding hydrogens is 369 g/mol. The van der Waals surface area contributed by atoms with Crippen molar-refractivity contribution in [3.63, 3.8) is 0 Å². The van der Waals surface area contributed by atoms with Crippen molar-refractivity contribution in [2.75, 3.05) is 0 Å². The average molecular weight is 384 g/mol. The Morgan fingerprint density at radius 1 is 1.23 bits per heavy atom. The molecule has 26 heavy (non-hydrogen) atoms. The summed E-state index contributed by atoms with van der Waals surface area (Å²) in [5.41, 5.74) is -3.52. The molecule has 2 heterocycles. The summed E-state index contributed by atoms with van der Waals surface area (Å²) in [5.74, 6) is -2.33. The van der Waals surface area contributed by atoms with Crippen LogP contribution in [0.25, 0.3) is 0 Å². The highest BCUT2D eigenvalue weighted by Crippen LogP contribution is 2.44. The lowest BCUT2D eigenvalue weighted by Gasteiger charge is -2.45. The van der Waals surface area contributed by atoms with E-state index in [0.717, 1.165) is 0 Å². The van der Waals surface area contributed by atoms with E-state index in [1.807, 2.05) is 5.32 Å². The van der Waals surface area contributed by atoms with Crippen LogP contribution in [0, 0.1) is 12.8 Å². The quantitative estimate of drug-likeness (QED) is 0.558. The maximum absolute atomic E-state index is 13.7. The van der Waals surface area contributed by atoms with Gasteiger partial charge in [0, 0.05) is 5.56 Å². The van der Waals surface area contributed by atoms with E-state index in [0.29, 0.717) is 5.76 Å². The maximum atomic E-state index is 13.7. The summed E-state index contributed by atoms with van der Waals surface area (Å²) >= 11 is 4.83. The van der Waals surface area contributed by atoms with Crippen molar-refractivity contribution in [1.29, 1.82) is 0 Å². The van der Waals surface area contributed by atoms with Gasteiger partial charge in [-0.2, -0.15) is 13.2 Å². The fourth-order valence-corrected chi connectivity index (χ4v) is 3.26. The molecule has 9 heteroatoms. The Morgan fingerprint density at radius 3 is 2.42 bits per heavy atom. The first kappa shape index (κ1) is 18.4. The molecule has 1 aliphatic rings. The zero-order valence-electron chi connectivity index (χ0n) is 13.5. The lowest BCUT2D eigenvalue weighted by atomic mass is 9.79. The topological polar surface area (TPSA) is 74.5 Å². The molecule has 0 spiro atoms. The number of aryl methyl sites for hydroxylation is 1. The van der Waals surface area contributed by atoms with Crippen LogP contribution in [0.1, 0.15) is 27.9 Å². The SMILES string of the molecule is Cc1ccc([C@@H]2NC(=S)N[C@](O)(C(F)(F)F)[C@H]2C(=O)c2ccccc2)o1. The number of carbonyl (C=O) groups excluding carboxylic acids is 1. The second-order valence-corrected chi connectivity index (χ2v) is 6.40. The van der Waals surface area contributed by atoms with Crippen LogP contribution < -0.4 is 10.6 Å². The number of Topliss-reactive ketones (excluding diaryl/α,β-unsaturated/α-hetero) is 1. The van der Waals surface area contributed by atoms with E-state index in [4.69, 9.17) is 16.6 Å². The average Bonchev–Trinajstić information content (AvgIpc) is 3.00. The Kier molecular flexibility index (Phi) is 4.53. The van der Waals surface area contributed by atoms with Crippen molar-refractivity contribution in [1.82, 2.24) is 10.6 Å². The summed E-state index contributed by atoms with van der Waals surface area (Å²) in [5, 5.41) is 14.5. The normalized spacial score (nSPS) is 26.1. The Balaban J connectivity index is 2.15. The van der Waals surface area contributed by atoms with Gasteiger partial charge in [0.05, 0.1) is 0 Å². The van der Waals surface area contributed by atoms with Gasteiger partial charge in [0.1, 0.15) is 23.5 Å². The first-order chi connectivity index (χ1) is 12.1. The van der Waals surface area contributed by atoms with Crippen LogP contribution in [-0.4, -0.2) is 27.9 Å². The third-order valence-corrected chi connectivity index (χ3v) is 4.43. The molecule has 3 atom stereocenters. The minimum absolute atomic E-state index is 0.0323. The van der Waals surface area contributed by atoms with Crippen LogP contribution in [0.3, 0.4) is 0 Å². The Hall–Kier alpha value is -2.39. The van der Waals surface area contributed by atoms with Crippen molar-refractivity contribution in [3.05, 3.63) is 59.5 Å². The second-order valence-electron chi connectivity index (χ2n) is 6.00. The monoisotopic (exact) mass is 384 g/mol. The summed E-state index contributed by atoms with van der Waals surface area (Å²) in [6.07, 6.45) is -5.16. The fourth-order valence-electron chi connectivity index (χ4n) is 2.98. The highest BCUT2D eigenvalue weighted by Gasteiger charge is 2.66. The van der Waals surface area contributed by atoms with E-state index >= 15 is 0 Å². The number of nitrogens with one attached hydrogen (secondary N) is 2. The zero-order valence-corrected chi connectivity index (χ0v) is 14.3.